The van der Waals surface area contributed by atoms with Crippen molar-refractivity contribution in [3.05, 3.63) is 23.3 Å². The van der Waals surface area contributed by atoms with Gasteiger partial charge in [0.2, 0.25) is 0 Å². The number of aromatic hydroxyl groups is 1. The van der Waals surface area contributed by atoms with Gasteiger partial charge in [0.25, 0.3) is 0 Å². The van der Waals surface area contributed by atoms with Gasteiger partial charge in [0.1, 0.15) is 6.10 Å². The Morgan fingerprint density at radius 1 is 1.50 bits per heavy atom. The molecule has 0 bridgehead atoms. The Morgan fingerprint density at radius 3 is 2.81 bits per heavy atom. The number of carbonyl (C=O) groups excluding carboxylic acids is 1. The van der Waals surface area contributed by atoms with Gasteiger partial charge in [-0.1, -0.05) is 0 Å². The average molecular weight is 222 g/mol. The molecule has 1 aromatic carbocycles. The van der Waals surface area contributed by atoms with E-state index in [9.17, 15) is 14.7 Å². The number of aromatic carboxylic acids is 1. The van der Waals surface area contributed by atoms with E-state index in [0.717, 1.165) is 6.07 Å². The third kappa shape index (κ3) is 1.60. The van der Waals surface area contributed by atoms with Crippen LogP contribution >= 0.6 is 0 Å². The molecule has 0 unspecified atom stereocenters. The van der Waals surface area contributed by atoms with Crippen LogP contribution in [0.4, 0.5) is 0 Å². The third-order valence-corrected chi connectivity index (χ3v) is 2.41. The van der Waals surface area contributed by atoms with Crippen LogP contribution in [0.15, 0.2) is 12.1 Å². The van der Waals surface area contributed by atoms with Crippen LogP contribution in [-0.2, 0) is 0 Å². The van der Waals surface area contributed by atoms with Gasteiger partial charge in [0, 0.05) is 6.42 Å². The summed E-state index contributed by atoms with van der Waals surface area (Å²) in [6.07, 6.45) is -0.114. The number of phenolic OH excluding ortho intramolecular Hbond substituents is 1. The van der Waals surface area contributed by atoms with Crippen molar-refractivity contribution < 1.29 is 24.5 Å². The summed E-state index contributed by atoms with van der Waals surface area (Å²) in [5.74, 6) is -1.64. The molecule has 1 aliphatic rings. The third-order valence-electron chi connectivity index (χ3n) is 2.41. The summed E-state index contributed by atoms with van der Waals surface area (Å²) in [5, 5.41) is 18.4. The summed E-state index contributed by atoms with van der Waals surface area (Å²) in [6.45, 7) is 1.71. The van der Waals surface area contributed by atoms with Crippen LogP contribution in [0.25, 0.3) is 0 Å². The van der Waals surface area contributed by atoms with Crippen molar-refractivity contribution in [3.63, 3.8) is 0 Å². The van der Waals surface area contributed by atoms with E-state index in [-0.39, 0.29) is 40.9 Å². The molecular formula is C11H10O5. The topological polar surface area (TPSA) is 83.8 Å². The lowest BCUT2D eigenvalue weighted by molar-refractivity contribution is 0.0696. The van der Waals surface area contributed by atoms with E-state index in [4.69, 9.17) is 9.84 Å². The van der Waals surface area contributed by atoms with Crippen molar-refractivity contribution in [1.82, 2.24) is 0 Å². The van der Waals surface area contributed by atoms with Crippen LogP contribution in [-0.4, -0.2) is 28.1 Å². The number of ketones is 1. The van der Waals surface area contributed by atoms with Gasteiger partial charge in [-0.3, -0.25) is 4.79 Å². The normalized spacial score (nSPS) is 18.8. The van der Waals surface area contributed by atoms with Crippen molar-refractivity contribution >= 4 is 11.8 Å². The minimum absolute atomic E-state index is 0.0775. The molecule has 16 heavy (non-hydrogen) atoms. The fraction of sp³-hybridized carbons (Fsp3) is 0.273. The largest absolute Gasteiger partial charge is 0.504 e. The smallest absolute Gasteiger partial charge is 0.335 e. The highest BCUT2D eigenvalue weighted by Gasteiger charge is 2.27. The molecule has 5 nitrogen and oxygen atoms in total. The van der Waals surface area contributed by atoms with E-state index >= 15 is 0 Å². The number of ether oxygens (including phenoxy) is 1. The molecule has 0 saturated heterocycles. The molecule has 1 atom stereocenters. The van der Waals surface area contributed by atoms with Crippen LogP contribution < -0.4 is 4.74 Å². The van der Waals surface area contributed by atoms with Crippen LogP contribution in [0.2, 0.25) is 0 Å². The molecule has 1 aromatic rings. The summed E-state index contributed by atoms with van der Waals surface area (Å²) in [6, 6.07) is 2.30. The molecule has 0 aliphatic carbocycles. The first-order valence-corrected chi connectivity index (χ1v) is 4.79. The van der Waals surface area contributed by atoms with Gasteiger partial charge >= 0.3 is 5.97 Å². The molecule has 0 aromatic heterocycles. The zero-order valence-corrected chi connectivity index (χ0v) is 8.56. The second-order valence-corrected chi connectivity index (χ2v) is 3.73. The van der Waals surface area contributed by atoms with E-state index in [1.54, 1.807) is 6.92 Å². The highest BCUT2D eigenvalue weighted by Crippen LogP contribution is 2.36. The number of fused-ring (bicyclic) bond motifs is 1. The van der Waals surface area contributed by atoms with Crippen LogP contribution in [0.1, 0.15) is 34.1 Å². The summed E-state index contributed by atoms with van der Waals surface area (Å²) in [5.41, 5.74) is 0.0123. The van der Waals surface area contributed by atoms with Gasteiger partial charge in [-0.05, 0) is 19.1 Å². The predicted octanol–water partition coefficient (Wildman–Crippen LogP) is 1.44. The molecule has 0 saturated carbocycles. The maximum atomic E-state index is 11.6. The minimum atomic E-state index is -1.19. The standard InChI is InChI=1S/C11H10O5/c1-5-2-8(12)7-3-6(11(14)15)4-9(13)10(7)16-5/h3-5,13H,2H2,1H3,(H,14,15)/t5-/m0/s1. The number of hydrogen-bond donors (Lipinski definition) is 2. The first-order valence-electron chi connectivity index (χ1n) is 4.79. The Balaban J connectivity index is 2.59. The zero-order valence-electron chi connectivity index (χ0n) is 8.56. The molecule has 1 heterocycles. The fourth-order valence-corrected chi connectivity index (χ4v) is 1.68. The molecule has 0 fully saturated rings. The minimum Gasteiger partial charge on any atom is -0.504 e. The van der Waals surface area contributed by atoms with E-state index in [2.05, 4.69) is 0 Å². The highest BCUT2D eigenvalue weighted by molar-refractivity contribution is 6.03. The number of carboxylic acid groups (broad SMARTS) is 1. The Kier molecular flexibility index (Phi) is 2.30. The Labute approximate surface area is 91.3 Å². The zero-order chi connectivity index (χ0) is 11.9. The molecular weight excluding hydrogens is 212 g/mol. The van der Waals surface area contributed by atoms with Crippen molar-refractivity contribution in [2.75, 3.05) is 0 Å². The van der Waals surface area contributed by atoms with Gasteiger partial charge in [-0.2, -0.15) is 0 Å². The van der Waals surface area contributed by atoms with E-state index in [1.807, 2.05) is 0 Å². The SMILES string of the molecule is C[C@H]1CC(=O)c2cc(C(=O)O)cc(O)c2O1. The Hall–Kier alpha value is -2.04. The Morgan fingerprint density at radius 2 is 2.19 bits per heavy atom. The predicted molar refractivity (Wildman–Crippen MR) is 54.1 cm³/mol. The molecule has 0 spiro atoms. The summed E-state index contributed by atoms with van der Waals surface area (Å²) in [4.78, 5) is 22.4. The first kappa shape index (κ1) is 10.5. The van der Waals surface area contributed by atoms with Crippen LogP contribution in [0, 0.1) is 0 Å². The van der Waals surface area contributed by atoms with Crippen molar-refractivity contribution in [1.29, 1.82) is 0 Å². The summed E-state index contributed by atoms with van der Waals surface area (Å²) in [7, 11) is 0. The summed E-state index contributed by atoms with van der Waals surface area (Å²) >= 11 is 0. The van der Waals surface area contributed by atoms with Crippen LogP contribution in [0.5, 0.6) is 11.5 Å². The quantitative estimate of drug-likeness (QED) is 0.751. The van der Waals surface area contributed by atoms with Crippen molar-refractivity contribution in [2.45, 2.75) is 19.4 Å². The number of carboxylic acids is 1. The molecule has 2 N–H and O–H groups in total. The average Bonchev–Trinajstić information content (AvgIpc) is 2.19. The maximum absolute atomic E-state index is 11.6. The molecule has 2 rings (SSSR count). The van der Waals surface area contributed by atoms with Gasteiger partial charge in [0.15, 0.2) is 17.3 Å². The first-order chi connectivity index (χ1) is 7.49. The number of rotatable bonds is 1. The molecule has 1 aliphatic heterocycles. The second kappa shape index (κ2) is 3.52. The van der Waals surface area contributed by atoms with Crippen molar-refractivity contribution in [3.8, 4) is 11.5 Å². The molecule has 0 radical (unpaired) electrons. The molecule has 5 heteroatoms. The van der Waals surface area contributed by atoms with Crippen LogP contribution in [0.3, 0.4) is 0 Å². The lowest BCUT2D eigenvalue weighted by Gasteiger charge is -2.23. The number of benzene rings is 1. The number of hydrogen-bond acceptors (Lipinski definition) is 4. The molecule has 84 valence electrons. The van der Waals surface area contributed by atoms with E-state index < -0.39 is 5.97 Å². The number of phenols is 1. The van der Waals surface area contributed by atoms with E-state index in [0.29, 0.717) is 0 Å². The van der Waals surface area contributed by atoms with E-state index in [1.165, 1.54) is 6.07 Å². The fourth-order valence-electron chi connectivity index (χ4n) is 1.68. The monoisotopic (exact) mass is 222 g/mol. The number of carbonyl (C=O) groups is 2. The van der Waals surface area contributed by atoms with Crippen molar-refractivity contribution in [2.24, 2.45) is 0 Å². The molecule has 0 amide bonds. The second-order valence-electron chi connectivity index (χ2n) is 3.73. The van der Waals surface area contributed by atoms with Gasteiger partial charge in [0.05, 0.1) is 11.1 Å². The van der Waals surface area contributed by atoms with Gasteiger partial charge < -0.3 is 14.9 Å². The number of Topliss-reactive ketones (excluding diaryl/α,β-unsaturated/α-hetero) is 1. The Bertz CT molecular complexity index is 478. The summed E-state index contributed by atoms with van der Waals surface area (Å²) < 4.78 is 5.30. The highest BCUT2D eigenvalue weighted by atomic mass is 16.5. The van der Waals surface area contributed by atoms with Gasteiger partial charge in [-0.15, -0.1) is 0 Å². The maximum Gasteiger partial charge on any atom is 0.335 e. The lowest BCUT2D eigenvalue weighted by Crippen LogP contribution is -2.24. The van der Waals surface area contributed by atoms with Gasteiger partial charge in [-0.25, -0.2) is 4.79 Å². The lowest BCUT2D eigenvalue weighted by atomic mass is 9.98.